The van der Waals surface area contributed by atoms with Gasteiger partial charge in [0.1, 0.15) is 0 Å². The minimum Gasteiger partial charge on any atom is -0.494 e. The summed E-state index contributed by atoms with van der Waals surface area (Å²) < 4.78 is 44.5. The first kappa shape index (κ1) is 19.5. The van der Waals surface area contributed by atoms with Crippen molar-refractivity contribution < 1.29 is 23.0 Å². The molecule has 1 heterocycles. The lowest BCUT2D eigenvalue weighted by atomic mass is 9.92. The topological polar surface area (TPSA) is 27.7 Å². The van der Waals surface area contributed by atoms with Gasteiger partial charge in [0, 0.05) is 5.92 Å². The molecule has 1 fully saturated rings. The fraction of sp³-hybridized carbons (Fsp3) is 0.364. The molecule has 1 aliphatic rings. The molecule has 0 N–H and O–H groups in total. The summed E-state index contributed by atoms with van der Waals surface area (Å²) in [5.74, 6) is -2.08. The largest absolute Gasteiger partial charge is 0.494 e. The van der Waals surface area contributed by atoms with Crippen molar-refractivity contribution in [3.63, 3.8) is 0 Å². The maximum absolute atomic E-state index is 14.2. The second-order valence-corrected chi connectivity index (χ2v) is 6.57. The maximum Gasteiger partial charge on any atom is 0.200 e. The van der Waals surface area contributed by atoms with Gasteiger partial charge in [0.2, 0.25) is 5.82 Å². The molecule has 3 nitrogen and oxygen atoms in total. The van der Waals surface area contributed by atoms with Crippen LogP contribution in [0.4, 0.5) is 8.78 Å². The van der Waals surface area contributed by atoms with Gasteiger partial charge in [0.25, 0.3) is 0 Å². The molecule has 0 aliphatic carbocycles. The first-order chi connectivity index (χ1) is 13.1. The van der Waals surface area contributed by atoms with Crippen LogP contribution in [0.15, 0.2) is 42.5 Å². The summed E-state index contributed by atoms with van der Waals surface area (Å²) in [6.07, 6.45) is 5.01. The fourth-order valence-corrected chi connectivity index (χ4v) is 3.23. The molecule has 0 saturated carbocycles. The van der Waals surface area contributed by atoms with Crippen LogP contribution in [0.2, 0.25) is 0 Å². The Labute approximate surface area is 158 Å². The summed E-state index contributed by atoms with van der Waals surface area (Å²) in [6, 6.07) is 11.1. The predicted octanol–water partition coefficient (Wildman–Crippen LogP) is 5.44. The lowest BCUT2D eigenvalue weighted by Gasteiger charge is -2.29. The van der Waals surface area contributed by atoms with E-state index in [0.29, 0.717) is 31.6 Å². The average molecular weight is 374 g/mol. The lowest BCUT2D eigenvalue weighted by molar-refractivity contribution is -0.173. The Kier molecular flexibility index (Phi) is 6.58. The summed E-state index contributed by atoms with van der Waals surface area (Å²) in [5, 5.41) is 0. The Morgan fingerprint density at radius 3 is 2.48 bits per heavy atom. The van der Waals surface area contributed by atoms with E-state index in [2.05, 4.69) is 0 Å². The van der Waals surface area contributed by atoms with Crippen molar-refractivity contribution in [1.82, 2.24) is 0 Å². The Morgan fingerprint density at radius 1 is 1.07 bits per heavy atom. The molecule has 2 unspecified atom stereocenters. The summed E-state index contributed by atoms with van der Waals surface area (Å²) in [6.45, 7) is 2.74. The maximum atomic E-state index is 14.2. The van der Waals surface area contributed by atoms with Gasteiger partial charge in [0.15, 0.2) is 17.9 Å². The molecule has 144 valence electrons. The molecule has 5 heteroatoms. The number of halogens is 2. The third-order valence-corrected chi connectivity index (χ3v) is 4.75. The Hall–Kier alpha value is -2.24. The molecule has 2 aromatic rings. The molecule has 0 radical (unpaired) electrons. The van der Waals surface area contributed by atoms with E-state index in [0.717, 1.165) is 11.1 Å². The highest BCUT2D eigenvalue weighted by Crippen LogP contribution is 2.33. The summed E-state index contributed by atoms with van der Waals surface area (Å²) >= 11 is 0. The zero-order valence-corrected chi connectivity index (χ0v) is 15.6. The van der Waals surface area contributed by atoms with Gasteiger partial charge in [-0.3, -0.25) is 0 Å². The van der Waals surface area contributed by atoms with Gasteiger partial charge in [-0.25, -0.2) is 4.39 Å². The van der Waals surface area contributed by atoms with Crippen LogP contribution in [0, 0.1) is 11.6 Å². The minimum atomic E-state index is -0.949. The van der Waals surface area contributed by atoms with Crippen molar-refractivity contribution >= 4 is 6.08 Å². The molecular weight excluding hydrogens is 350 g/mol. The molecule has 2 atom stereocenters. The SMILES string of the molecule is C/C=C/c1ccc(COC2CCC(c3ccc(OC)c(F)c3F)CO2)cc1. The third-order valence-electron chi connectivity index (χ3n) is 4.75. The zero-order valence-electron chi connectivity index (χ0n) is 15.6. The molecule has 1 saturated heterocycles. The van der Waals surface area contributed by atoms with Crippen molar-refractivity contribution in [3.8, 4) is 5.75 Å². The quantitative estimate of drug-likeness (QED) is 0.673. The molecule has 1 aliphatic heterocycles. The molecule has 3 rings (SSSR count). The van der Waals surface area contributed by atoms with E-state index in [1.54, 1.807) is 6.07 Å². The van der Waals surface area contributed by atoms with Crippen LogP contribution in [0.3, 0.4) is 0 Å². The minimum absolute atomic E-state index is 0.0883. The number of ether oxygens (including phenoxy) is 3. The fourth-order valence-electron chi connectivity index (χ4n) is 3.23. The number of rotatable bonds is 6. The van der Waals surface area contributed by atoms with Crippen LogP contribution in [0.1, 0.15) is 42.4 Å². The van der Waals surface area contributed by atoms with Gasteiger partial charge < -0.3 is 14.2 Å². The van der Waals surface area contributed by atoms with Crippen LogP contribution in [-0.4, -0.2) is 20.0 Å². The number of hydrogen-bond acceptors (Lipinski definition) is 3. The van der Waals surface area contributed by atoms with Crippen molar-refractivity contribution in [1.29, 1.82) is 0 Å². The predicted molar refractivity (Wildman–Crippen MR) is 101 cm³/mol. The molecule has 2 aromatic carbocycles. The van der Waals surface area contributed by atoms with Crippen LogP contribution in [0.25, 0.3) is 6.08 Å². The van der Waals surface area contributed by atoms with E-state index in [1.165, 1.54) is 13.2 Å². The van der Waals surface area contributed by atoms with E-state index >= 15 is 0 Å². The van der Waals surface area contributed by atoms with Gasteiger partial charge in [-0.2, -0.15) is 4.39 Å². The van der Waals surface area contributed by atoms with Gasteiger partial charge in [-0.15, -0.1) is 0 Å². The molecule has 0 bridgehead atoms. The normalized spacial score (nSPS) is 20.1. The monoisotopic (exact) mass is 374 g/mol. The highest BCUT2D eigenvalue weighted by molar-refractivity contribution is 5.49. The first-order valence-corrected chi connectivity index (χ1v) is 9.09. The van der Waals surface area contributed by atoms with Crippen LogP contribution < -0.4 is 4.74 Å². The molecule has 0 aromatic heterocycles. The van der Waals surface area contributed by atoms with Crippen LogP contribution in [-0.2, 0) is 16.1 Å². The smallest absolute Gasteiger partial charge is 0.200 e. The molecule has 27 heavy (non-hydrogen) atoms. The Bertz CT molecular complexity index is 779. The van der Waals surface area contributed by atoms with E-state index < -0.39 is 11.6 Å². The van der Waals surface area contributed by atoms with Gasteiger partial charge in [-0.1, -0.05) is 42.5 Å². The zero-order chi connectivity index (χ0) is 19.2. The number of allylic oxidation sites excluding steroid dienone is 1. The highest BCUT2D eigenvalue weighted by atomic mass is 19.2. The first-order valence-electron chi connectivity index (χ1n) is 9.09. The van der Waals surface area contributed by atoms with Gasteiger partial charge in [-0.05, 0) is 42.5 Å². The Balaban J connectivity index is 1.52. The lowest BCUT2D eigenvalue weighted by Crippen LogP contribution is -2.27. The second kappa shape index (κ2) is 9.11. The van der Waals surface area contributed by atoms with E-state index in [1.807, 2.05) is 43.3 Å². The standard InChI is InChI=1S/C22H24F2O3/c1-3-4-15-5-7-16(8-6-15)13-26-20-12-9-17(14-27-20)18-10-11-19(25-2)22(24)21(18)23/h3-8,10-11,17,20H,9,12-14H2,1-2H3/b4-3+. The highest BCUT2D eigenvalue weighted by Gasteiger charge is 2.27. The second-order valence-electron chi connectivity index (χ2n) is 6.57. The third kappa shape index (κ3) is 4.73. The molecular formula is C22H24F2O3. The van der Waals surface area contributed by atoms with Gasteiger partial charge >= 0.3 is 0 Å². The van der Waals surface area contributed by atoms with Gasteiger partial charge in [0.05, 0.1) is 20.3 Å². The Morgan fingerprint density at radius 2 is 1.85 bits per heavy atom. The number of benzene rings is 2. The van der Waals surface area contributed by atoms with E-state index in [9.17, 15) is 8.78 Å². The summed E-state index contributed by atoms with van der Waals surface area (Å²) in [5.41, 5.74) is 2.54. The summed E-state index contributed by atoms with van der Waals surface area (Å²) in [4.78, 5) is 0. The molecule has 0 spiro atoms. The van der Waals surface area contributed by atoms with E-state index in [4.69, 9.17) is 14.2 Å². The molecule has 0 amide bonds. The van der Waals surface area contributed by atoms with Crippen molar-refractivity contribution in [3.05, 3.63) is 70.8 Å². The van der Waals surface area contributed by atoms with Crippen LogP contribution in [0.5, 0.6) is 5.75 Å². The number of methoxy groups -OCH3 is 1. The number of hydrogen-bond donors (Lipinski definition) is 0. The van der Waals surface area contributed by atoms with Crippen molar-refractivity contribution in [2.45, 2.75) is 38.6 Å². The van der Waals surface area contributed by atoms with Crippen molar-refractivity contribution in [2.24, 2.45) is 0 Å². The average Bonchev–Trinajstić information content (AvgIpc) is 2.70. The van der Waals surface area contributed by atoms with Crippen molar-refractivity contribution in [2.75, 3.05) is 13.7 Å². The summed E-state index contributed by atoms with van der Waals surface area (Å²) in [7, 11) is 1.32. The van der Waals surface area contributed by atoms with Crippen LogP contribution >= 0.6 is 0 Å². The van der Waals surface area contributed by atoms with E-state index in [-0.39, 0.29) is 18.0 Å².